The number of Topliss-reactive ketones (excluding diaryl/α,β-unsaturated/α-hetero) is 1. The average Bonchev–Trinajstić information content (AvgIpc) is 2.36. The monoisotopic (exact) mass is 336 g/mol. The Hall–Kier alpha value is -1.80. The summed E-state index contributed by atoms with van der Waals surface area (Å²) in [6.07, 6.45) is -5.24. The molecule has 1 aromatic rings. The van der Waals surface area contributed by atoms with Crippen LogP contribution in [0.25, 0.3) is 0 Å². The Morgan fingerprint density at radius 1 is 1.36 bits per heavy atom. The van der Waals surface area contributed by atoms with Crippen LogP contribution in [-0.2, 0) is 4.79 Å². The lowest BCUT2D eigenvalue weighted by atomic mass is 9.79. The van der Waals surface area contributed by atoms with Gasteiger partial charge in [0.25, 0.3) is 0 Å². The van der Waals surface area contributed by atoms with Crippen molar-refractivity contribution in [2.24, 2.45) is 5.92 Å². The zero-order valence-corrected chi connectivity index (χ0v) is 12.0. The van der Waals surface area contributed by atoms with Crippen LogP contribution in [0.1, 0.15) is 18.5 Å². The van der Waals surface area contributed by atoms with Gasteiger partial charge in [0.05, 0.1) is 12.0 Å². The fourth-order valence-corrected chi connectivity index (χ4v) is 2.77. The molecule has 1 aliphatic heterocycles. The van der Waals surface area contributed by atoms with Gasteiger partial charge in [-0.15, -0.1) is 0 Å². The largest absolute Gasteiger partial charge is 0.437 e. The Morgan fingerprint density at radius 2 is 1.95 bits per heavy atom. The third kappa shape index (κ3) is 2.64. The van der Waals surface area contributed by atoms with Gasteiger partial charge < -0.3 is 15.7 Å². The van der Waals surface area contributed by atoms with Crippen molar-refractivity contribution in [2.75, 3.05) is 0 Å². The molecule has 3 N–H and O–H groups in total. The van der Waals surface area contributed by atoms with E-state index >= 15 is 0 Å². The van der Waals surface area contributed by atoms with Gasteiger partial charge >= 0.3 is 12.2 Å². The van der Waals surface area contributed by atoms with E-state index in [1.165, 1.54) is 23.5 Å². The molecule has 22 heavy (non-hydrogen) atoms. The molecule has 1 fully saturated rings. The number of hydrogen-bond donors (Lipinski definition) is 3. The molecule has 0 unspecified atom stereocenters. The van der Waals surface area contributed by atoms with Gasteiger partial charge in [-0.05, 0) is 18.6 Å². The molecule has 1 aliphatic rings. The number of carbonyl (C=O) groups is 2. The van der Waals surface area contributed by atoms with E-state index in [0.717, 1.165) is 6.92 Å². The van der Waals surface area contributed by atoms with Gasteiger partial charge in [0, 0.05) is 5.02 Å². The molecule has 9 heteroatoms. The number of rotatable bonds is 2. The van der Waals surface area contributed by atoms with Crippen LogP contribution < -0.4 is 10.6 Å². The third-order valence-corrected chi connectivity index (χ3v) is 3.83. The number of amides is 2. The second kappa shape index (κ2) is 5.44. The van der Waals surface area contributed by atoms with Crippen molar-refractivity contribution in [1.29, 1.82) is 0 Å². The number of urea groups is 1. The molecule has 1 aromatic carbocycles. The fourth-order valence-electron chi connectivity index (χ4n) is 2.51. The maximum Gasteiger partial charge on any atom is 0.437 e. The smallest absolute Gasteiger partial charge is 0.363 e. The number of carbonyl (C=O) groups excluding carboxylic acids is 2. The van der Waals surface area contributed by atoms with E-state index in [2.05, 4.69) is 5.32 Å². The molecule has 120 valence electrons. The third-order valence-electron chi connectivity index (χ3n) is 3.48. The van der Waals surface area contributed by atoms with Crippen molar-refractivity contribution in [3.05, 3.63) is 34.9 Å². The van der Waals surface area contributed by atoms with Crippen molar-refractivity contribution in [3.63, 3.8) is 0 Å². The Labute approximate surface area is 128 Å². The quantitative estimate of drug-likeness (QED) is 0.774. The Bertz CT molecular complexity index is 623. The lowest BCUT2D eigenvalue weighted by Gasteiger charge is -2.44. The summed E-state index contributed by atoms with van der Waals surface area (Å²) in [4.78, 5) is 23.3. The minimum atomic E-state index is -5.24. The van der Waals surface area contributed by atoms with Crippen LogP contribution in [0.2, 0.25) is 5.02 Å². The van der Waals surface area contributed by atoms with Gasteiger partial charge in [-0.1, -0.05) is 29.8 Å². The van der Waals surface area contributed by atoms with Gasteiger partial charge in [0.1, 0.15) is 5.78 Å². The summed E-state index contributed by atoms with van der Waals surface area (Å²) in [5.74, 6) is -2.93. The number of nitrogens with one attached hydrogen (secondary N) is 2. The molecular weight excluding hydrogens is 325 g/mol. The maximum atomic E-state index is 13.2. The molecule has 0 aliphatic carbocycles. The molecule has 2 amide bonds. The van der Waals surface area contributed by atoms with Gasteiger partial charge in [-0.25, -0.2) is 4.79 Å². The SMILES string of the molecule is CC(=O)[C@H]1[C@@H](c2ccccc2Cl)NC(=O)N[C@]1(O)C(F)(F)F. The highest BCUT2D eigenvalue weighted by atomic mass is 35.5. The van der Waals surface area contributed by atoms with Gasteiger partial charge in [-0.2, -0.15) is 13.2 Å². The molecule has 1 saturated heterocycles. The number of hydrogen-bond acceptors (Lipinski definition) is 3. The predicted molar refractivity (Wildman–Crippen MR) is 71.0 cm³/mol. The number of benzene rings is 1. The van der Waals surface area contributed by atoms with Crippen molar-refractivity contribution >= 4 is 23.4 Å². The standard InChI is InChI=1S/C13H12ClF3N2O3/c1-6(20)9-10(7-4-2-3-5-8(7)14)18-11(21)19-12(9,22)13(15,16)17/h2-5,9-10,22H,1H3,(H2,18,19,21)/t9-,10+,12+/m0/s1. The number of alkyl halides is 3. The second-order valence-corrected chi connectivity index (χ2v) is 5.36. The first-order chi connectivity index (χ1) is 10.1. The summed E-state index contributed by atoms with van der Waals surface area (Å²) < 4.78 is 39.7. The molecule has 0 spiro atoms. The topological polar surface area (TPSA) is 78.4 Å². The first-order valence-electron chi connectivity index (χ1n) is 6.20. The van der Waals surface area contributed by atoms with E-state index < -0.39 is 35.7 Å². The van der Waals surface area contributed by atoms with E-state index in [1.807, 2.05) is 0 Å². The second-order valence-electron chi connectivity index (χ2n) is 4.95. The van der Waals surface area contributed by atoms with E-state index in [9.17, 15) is 27.9 Å². The average molecular weight is 337 g/mol. The van der Waals surface area contributed by atoms with Crippen molar-refractivity contribution < 1.29 is 27.9 Å². The molecule has 1 heterocycles. The summed E-state index contributed by atoms with van der Waals surface area (Å²) in [5, 5.41) is 13.7. The zero-order valence-electron chi connectivity index (χ0n) is 11.2. The molecule has 0 saturated carbocycles. The van der Waals surface area contributed by atoms with Gasteiger partial charge in [0.15, 0.2) is 0 Å². The van der Waals surface area contributed by atoms with Gasteiger partial charge in [0.2, 0.25) is 5.72 Å². The maximum absolute atomic E-state index is 13.2. The Kier molecular flexibility index (Phi) is 4.09. The van der Waals surface area contributed by atoms with E-state index in [1.54, 1.807) is 6.07 Å². The number of ketones is 1. The van der Waals surface area contributed by atoms with Crippen LogP contribution >= 0.6 is 11.6 Å². The lowest BCUT2D eigenvalue weighted by Crippen LogP contribution is -2.72. The van der Waals surface area contributed by atoms with Gasteiger partial charge in [-0.3, -0.25) is 4.79 Å². The van der Waals surface area contributed by atoms with Crippen molar-refractivity contribution in [2.45, 2.75) is 24.9 Å². The molecule has 0 aromatic heterocycles. The molecule has 0 bridgehead atoms. The molecule has 2 rings (SSSR count). The summed E-state index contributed by atoms with van der Waals surface area (Å²) in [5.41, 5.74) is -3.56. The summed E-state index contributed by atoms with van der Waals surface area (Å²) in [6.45, 7) is 0.907. The highest BCUT2D eigenvalue weighted by Gasteiger charge is 2.65. The first-order valence-corrected chi connectivity index (χ1v) is 6.58. The van der Waals surface area contributed by atoms with E-state index in [-0.39, 0.29) is 10.6 Å². The van der Waals surface area contributed by atoms with Crippen LogP contribution in [0.4, 0.5) is 18.0 Å². The van der Waals surface area contributed by atoms with Crippen molar-refractivity contribution in [1.82, 2.24) is 10.6 Å². The molecule has 0 radical (unpaired) electrons. The molecular formula is C13H12ClF3N2O3. The zero-order chi connectivity index (χ0) is 16.7. The molecule has 5 nitrogen and oxygen atoms in total. The van der Waals surface area contributed by atoms with Crippen LogP contribution in [-0.4, -0.2) is 28.8 Å². The van der Waals surface area contributed by atoms with Crippen molar-refractivity contribution in [3.8, 4) is 0 Å². The molecule has 3 atom stereocenters. The van der Waals surface area contributed by atoms with E-state index in [4.69, 9.17) is 11.6 Å². The minimum absolute atomic E-state index is 0.0745. The summed E-state index contributed by atoms with van der Waals surface area (Å²) in [6, 6.07) is 3.18. The summed E-state index contributed by atoms with van der Waals surface area (Å²) >= 11 is 5.94. The highest BCUT2D eigenvalue weighted by molar-refractivity contribution is 6.31. The van der Waals surface area contributed by atoms with Crippen LogP contribution in [0.15, 0.2) is 24.3 Å². The number of aliphatic hydroxyl groups is 1. The normalized spacial score (nSPS) is 28.7. The highest BCUT2D eigenvalue weighted by Crippen LogP contribution is 2.43. The summed E-state index contributed by atoms with van der Waals surface area (Å²) in [7, 11) is 0. The lowest BCUT2D eigenvalue weighted by molar-refractivity contribution is -0.290. The van der Waals surface area contributed by atoms with E-state index in [0.29, 0.717) is 0 Å². The Balaban J connectivity index is 2.60. The Morgan fingerprint density at radius 3 is 2.45 bits per heavy atom. The predicted octanol–water partition coefficient (Wildman–Crippen LogP) is 2.15. The first kappa shape index (κ1) is 16.6. The van der Waals surface area contributed by atoms with Crippen LogP contribution in [0.3, 0.4) is 0 Å². The van der Waals surface area contributed by atoms with Crippen LogP contribution in [0.5, 0.6) is 0 Å². The minimum Gasteiger partial charge on any atom is -0.363 e. The fraction of sp³-hybridized carbons (Fsp3) is 0.385. The van der Waals surface area contributed by atoms with Crippen LogP contribution in [0, 0.1) is 5.92 Å². The number of halogens is 4.